The molecule has 2 aromatic carbocycles. The van der Waals surface area contributed by atoms with Crippen LogP contribution in [0.15, 0.2) is 61.2 Å². The number of nitrogens with zero attached hydrogens (tertiary/aromatic N) is 4. The molecule has 2 heterocycles. The minimum atomic E-state index is -0.854. The van der Waals surface area contributed by atoms with Crippen molar-refractivity contribution in [3.63, 3.8) is 0 Å². The molecule has 150 valence electrons. The van der Waals surface area contributed by atoms with Gasteiger partial charge in [-0.1, -0.05) is 18.2 Å². The molecule has 4 aromatic rings. The van der Waals surface area contributed by atoms with Crippen molar-refractivity contribution in [1.29, 1.82) is 0 Å². The van der Waals surface area contributed by atoms with Gasteiger partial charge in [-0.3, -0.25) is 9.48 Å². The van der Waals surface area contributed by atoms with Gasteiger partial charge in [-0.2, -0.15) is 5.10 Å². The molecule has 0 bridgehead atoms. The number of para-hydroxylation sites is 1. The Kier molecular flexibility index (Phi) is 5.05. The van der Waals surface area contributed by atoms with Crippen LogP contribution in [-0.2, 0) is 7.05 Å². The number of aryl methyl sites for hydroxylation is 2. The number of benzene rings is 2. The summed E-state index contributed by atoms with van der Waals surface area (Å²) in [4.78, 5) is 20.6. The van der Waals surface area contributed by atoms with Gasteiger partial charge in [0.15, 0.2) is 5.69 Å². The quantitative estimate of drug-likeness (QED) is 0.547. The molecule has 0 saturated heterocycles. The Bertz CT molecular complexity index is 1220. The number of halogens is 2. The van der Waals surface area contributed by atoms with E-state index in [1.54, 1.807) is 30.2 Å². The summed E-state index contributed by atoms with van der Waals surface area (Å²) in [7, 11) is 1.70. The summed E-state index contributed by atoms with van der Waals surface area (Å²) >= 11 is 0. The zero-order valence-corrected chi connectivity index (χ0v) is 16.2. The van der Waals surface area contributed by atoms with E-state index >= 15 is 0 Å². The molecule has 6 nitrogen and oxygen atoms in total. The maximum atomic E-state index is 13.8. The van der Waals surface area contributed by atoms with Gasteiger partial charge in [0, 0.05) is 30.6 Å². The molecule has 8 heteroatoms. The summed E-state index contributed by atoms with van der Waals surface area (Å²) in [5.41, 5.74) is 3.84. The van der Waals surface area contributed by atoms with Gasteiger partial charge in [-0.15, -0.1) is 0 Å². The fourth-order valence-electron chi connectivity index (χ4n) is 3.15. The fourth-order valence-corrected chi connectivity index (χ4v) is 3.15. The molecule has 0 unspecified atom stereocenters. The molecule has 0 atom stereocenters. The Balaban J connectivity index is 1.69. The fraction of sp³-hybridized carbons (Fsp3) is 0.0909. The third-order valence-electron chi connectivity index (χ3n) is 4.72. The summed E-state index contributed by atoms with van der Waals surface area (Å²) in [5.74, 6) is -2.41. The molecule has 0 aliphatic rings. The Morgan fingerprint density at radius 3 is 2.40 bits per heavy atom. The van der Waals surface area contributed by atoms with Crippen LogP contribution < -0.4 is 5.32 Å². The van der Waals surface area contributed by atoms with Crippen molar-refractivity contribution >= 4 is 11.6 Å². The molecule has 30 heavy (non-hydrogen) atoms. The first-order valence-electron chi connectivity index (χ1n) is 9.10. The molecule has 0 spiro atoms. The topological polar surface area (TPSA) is 72.7 Å². The highest BCUT2D eigenvalue weighted by Gasteiger charge is 2.19. The number of carbonyl (C=O) groups is 1. The summed E-state index contributed by atoms with van der Waals surface area (Å²) < 4.78 is 29.2. The largest absolute Gasteiger partial charge is 0.316 e. The lowest BCUT2D eigenvalue weighted by Crippen LogP contribution is -2.15. The van der Waals surface area contributed by atoms with Gasteiger partial charge >= 0.3 is 0 Å². The van der Waals surface area contributed by atoms with Crippen molar-refractivity contribution < 1.29 is 13.6 Å². The molecule has 4 rings (SSSR count). The molecular weight excluding hydrogens is 388 g/mol. The van der Waals surface area contributed by atoms with E-state index < -0.39 is 23.2 Å². The summed E-state index contributed by atoms with van der Waals surface area (Å²) in [6.45, 7) is 1.95. The van der Waals surface area contributed by atoms with Crippen LogP contribution in [0.3, 0.4) is 0 Å². The maximum Gasteiger partial charge on any atom is 0.276 e. The average Bonchev–Trinajstić information content (AvgIpc) is 3.13. The smallest absolute Gasteiger partial charge is 0.276 e. The number of nitrogens with one attached hydrogen (secondary N) is 1. The number of anilines is 1. The molecule has 1 amide bonds. The molecule has 0 aliphatic heterocycles. The SMILES string of the molecule is Cc1ccc(-c2cncnc2)cc1-c1cc(C(=O)Nc2c(F)cccc2F)nn1C. The highest BCUT2D eigenvalue weighted by Crippen LogP contribution is 2.29. The minimum Gasteiger partial charge on any atom is -0.316 e. The van der Waals surface area contributed by atoms with Gasteiger partial charge in [0.05, 0.1) is 5.69 Å². The first kappa shape index (κ1) is 19.4. The highest BCUT2D eigenvalue weighted by atomic mass is 19.1. The van der Waals surface area contributed by atoms with E-state index in [1.807, 2.05) is 25.1 Å². The molecule has 0 fully saturated rings. The van der Waals surface area contributed by atoms with Crippen LogP contribution in [0.5, 0.6) is 0 Å². The van der Waals surface area contributed by atoms with Crippen molar-refractivity contribution in [3.8, 4) is 22.4 Å². The van der Waals surface area contributed by atoms with Gasteiger partial charge in [0.25, 0.3) is 5.91 Å². The van der Waals surface area contributed by atoms with Crippen molar-refractivity contribution in [3.05, 3.63) is 84.1 Å². The average molecular weight is 405 g/mol. The van der Waals surface area contributed by atoms with Crippen LogP contribution in [0.4, 0.5) is 14.5 Å². The third kappa shape index (κ3) is 3.67. The molecule has 1 N–H and O–H groups in total. The molecular formula is C22H17F2N5O. The molecule has 0 radical (unpaired) electrons. The Morgan fingerprint density at radius 2 is 1.70 bits per heavy atom. The maximum absolute atomic E-state index is 13.8. The van der Waals surface area contributed by atoms with E-state index in [0.717, 1.165) is 34.4 Å². The number of rotatable bonds is 4. The van der Waals surface area contributed by atoms with E-state index in [1.165, 1.54) is 12.4 Å². The predicted octanol–water partition coefficient (Wildman–Crippen LogP) is 4.38. The first-order chi connectivity index (χ1) is 14.4. The third-order valence-corrected chi connectivity index (χ3v) is 4.72. The first-order valence-corrected chi connectivity index (χ1v) is 9.10. The van der Waals surface area contributed by atoms with Crippen molar-refractivity contribution in [1.82, 2.24) is 19.7 Å². The van der Waals surface area contributed by atoms with E-state index in [4.69, 9.17) is 0 Å². The zero-order valence-electron chi connectivity index (χ0n) is 16.2. The number of amides is 1. The van der Waals surface area contributed by atoms with Crippen molar-refractivity contribution in [2.45, 2.75) is 6.92 Å². The van der Waals surface area contributed by atoms with Crippen molar-refractivity contribution in [2.75, 3.05) is 5.32 Å². The van der Waals surface area contributed by atoms with Crippen molar-refractivity contribution in [2.24, 2.45) is 7.05 Å². The lowest BCUT2D eigenvalue weighted by molar-refractivity contribution is 0.102. The second-order valence-corrected chi connectivity index (χ2v) is 6.75. The number of hydrogen-bond donors (Lipinski definition) is 1. The van der Waals surface area contributed by atoms with E-state index in [9.17, 15) is 13.6 Å². The van der Waals surface area contributed by atoms with Gasteiger partial charge < -0.3 is 5.32 Å². The Labute approximate surface area is 171 Å². The minimum absolute atomic E-state index is 0.0444. The van der Waals surface area contributed by atoms with Gasteiger partial charge in [-0.25, -0.2) is 18.7 Å². The Morgan fingerprint density at radius 1 is 1.00 bits per heavy atom. The molecule has 0 saturated carbocycles. The zero-order chi connectivity index (χ0) is 21.3. The number of hydrogen-bond acceptors (Lipinski definition) is 4. The van der Waals surface area contributed by atoms with Crippen LogP contribution in [0.1, 0.15) is 16.1 Å². The number of carbonyl (C=O) groups excluding carboxylic acids is 1. The summed E-state index contributed by atoms with van der Waals surface area (Å²) in [5, 5.41) is 6.48. The van der Waals surface area contributed by atoms with E-state index in [-0.39, 0.29) is 5.69 Å². The normalized spacial score (nSPS) is 10.8. The van der Waals surface area contributed by atoms with Crippen LogP contribution in [0, 0.1) is 18.6 Å². The van der Waals surface area contributed by atoms with Gasteiger partial charge in [0.1, 0.15) is 23.6 Å². The molecule has 0 aliphatic carbocycles. The van der Waals surface area contributed by atoms with Crippen LogP contribution >= 0.6 is 0 Å². The monoisotopic (exact) mass is 405 g/mol. The van der Waals surface area contributed by atoms with Crippen LogP contribution in [-0.4, -0.2) is 25.7 Å². The van der Waals surface area contributed by atoms with Crippen LogP contribution in [0.25, 0.3) is 22.4 Å². The predicted molar refractivity (Wildman–Crippen MR) is 109 cm³/mol. The number of aromatic nitrogens is 4. The second kappa shape index (κ2) is 7.82. The van der Waals surface area contributed by atoms with E-state index in [0.29, 0.717) is 5.69 Å². The molecule has 2 aromatic heterocycles. The standard InChI is InChI=1S/C22H17F2N5O/c1-13-6-7-14(15-10-25-12-26-11-15)8-16(13)20-9-19(28-29(20)2)22(30)27-21-17(23)4-3-5-18(21)24/h3-12H,1-2H3,(H,27,30). The van der Waals surface area contributed by atoms with Crippen LogP contribution in [0.2, 0.25) is 0 Å². The van der Waals surface area contributed by atoms with Gasteiger partial charge in [0.2, 0.25) is 0 Å². The lowest BCUT2D eigenvalue weighted by Gasteiger charge is -2.09. The summed E-state index contributed by atoms with van der Waals surface area (Å²) in [6.07, 6.45) is 4.89. The second-order valence-electron chi connectivity index (χ2n) is 6.75. The summed E-state index contributed by atoms with van der Waals surface area (Å²) in [6, 6.07) is 10.8. The van der Waals surface area contributed by atoms with Gasteiger partial charge in [-0.05, 0) is 42.3 Å². The lowest BCUT2D eigenvalue weighted by atomic mass is 9.99. The highest BCUT2D eigenvalue weighted by molar-refractivity contribution is 6.03. The van der Waals surface area contributed by atoms with E-state index in [2.05, 4.69) is 20.4 Å². The Hall–Kier alpha value is -3.94.